The highest BCUT2D eigenvalue weighted by Gasteiger charge is 2.34. The number of anilines is 1. The first kappa shape index (κ1) is 26.1. The summed E-state index contributed by atoms with van der Waals surface area (Å²) in [6.07, 6.45) is 6.89. The van der Waals surface area contributed by atoms with Crippen molar-refractivity contribution >= 4 is 46.0 Å². The summed E-state index contributed by atoms with van der Waals surface area (Å²) < 4.78 is 15.7. The minimum atomic E-state index is -1.15. The summed E-state index contributed by atoms with van der Waals surface area (Å²) in [5.41, 5.74) is 1.91. The summed E-state index contributed by atoms with van der Waals surface area (Å²) in [6, 6.07) is 8.81. The van der Waals surface area contributed by atoms with Crippen LogP contribution in [0.4, 0.5) is 10.3 Å². The number of hydrogen-bond donors (Lipinski definition) is 3. The molecule has 2 aromatic heterocycles. The van der Waals surface area contributed by atoms with E-state index in [2.05, 4.69) is 22.5 Å². The molecule has 0 spiro atoms. The third-order valence-electron chi connectivity index (χ3n) is 7.37. The van der Waals surface area contributed by atoms with Gasteiger partial charge in [0.05, 0.1) is 15.9 Å². The first-order valence-electron chi connectivity index (χ1n) is 13.1. The van der Waals surface area contributed by atoms with Crippen LogP contribution in [0.15, 0.2) is 43.0 Å². The van der Waals surface area contributed by atoms with Crippen molar-refractivity contribution in [2.75, 3.05) is 5.32 Å². The maximum Gasteiger partial charge on any atom is 0.268 e. The SMILES string of the molecule is C=CC(=O)NC1CC(n2c(NC(=O)c3ccc(C(C)F)s3)nc3cc(C(=O)NC4CCCCC4)ccc32)C1. The zero-order chi connectivity index (χ0) is 26.8. The van der Waals surface area contributed by atoms with E-state index in [-0.39, 0.29) is 35.8 Å². The first-order valence-corrected chi connectivity index (χ1v) is 13.9. The highest BCUT2D eigenvalue weighted by Crippen LogP contribution is 2.38. The summed E-state index contributed by atoms with van der Waals surface area (Å²) in [7, 11) is 0. The number of nitrogens with zero attached hydrogens (tertiary/aromatic N) is 2. The van der Waals surface area contributed by atoms with Crippen LogP contribution in [-0.4, -0.2) is 39.4 Å². The zero-order valence-electron chi connectivity index (χ0n) is 21.3. The summed E-state index contributed by atoms with van der Waals surface area (Å²) in [4.78, 5) is 43.3. The van der Waals surface area contributed by atoms with Crippen molar-refractivity contribution in [3.05, 3.63) is 58.3 Å². The van der Waals surface area contributed by atoms with Gasteiger partial charge < -0.3 is 15.2 Å². The van der Waals surface area contributed by atoms with Crippen LogP contribution in [0.25, 0.3) is 11.0 Å². The number of thiophene rings is 1. The van der Waals surface area contributed by atoms with Crippen molar-refractivity contribution < 1.29 is 18.8 Å². The average Bonchev–Trinajstić information content (AvgIpc) is 3.51. The molecule has 38 heavy (non-hydrogen) atoms. The van der Waals surface area contributed by atoms with Gasteiger partial charge in [-0.1, -0.05) is 25.8 Å². The predicted octanol–water partition coefficient (Wildman–Crippen LogP) is 5.45. The molecule has 8 nitrogen and oxygen atoms in total. The standard InChI is InChI=1S/C28H32FN5O3S/c1-3-25(35)30-19-14-20(15-19)34-22-10-9-17(26(36)31-18-7-5-4-6-8-18)13-21(22)32-28(34)33-27(37)24-12-11-23(38-24)16(2)29/h3,9-13,16,18-20H,1,4-8,14-15H2,2H3,(H,30,35)(H,31,36)(H,32,33,37). The lowest BCUT2D eigenvalue weighted by Crippen LogP contribution is -2.44. The average molecular weight is 538 g/mol. The van der Waals surface area contributed by atoms with E-state index in [4.69, 9.17) is 4.98 Å². The van der Waals surface area contributed by atoms with Gasteiger partial charge in [-0.15, -0.1) is 11.3 Å². The normalized spacial score (nSPS) is 20.4. The third kappa shape index (κ3) is 5.50. The number of benzene rings is 1. The maximum absolute atomic E-state index is 13.7. The maximum atomic E-state index is 13.7. The van der Waals surface area contributed by atoms with Gasteiger partial charge in [-0.2, -0.15) is 0 Å². The van der Waals surface area contributed by atoms with Crippen LogP contribution in [0.5, 0.6) is 0 Å². The van der Waals surface area contributed by atoms with E-state index in [9.17, 15) is 18.8 Å². The number of fused-ring (bicyclic) bond motifs is 1. The van der Waals surface area contributed by atoms with Crippen LogP contribution in [-0.2, 0) is 4.79 Å². The van der Waals surface area contributed by atoms with E-state index in [0.717, 1.165) is 42.5 Å². The van der Waals surface area contributed by atoms with Gasteiger partial charge >= 0.3 is 0 Å². The highest BCUT2D eigenvalue weighted by atomic mass is 32.1. The van der Waals surface area contributed by atoms with Gasteiger partial charge in [-0.25, -0.2) is 9.37 Å². The van der Waals surface area contributed by atoms with E-state index in [1.807, 2.05) is 10.6 Å². The summed E-state index contributed by atoms with van der Waals surface area (Å²) in [5.74, 6) is -0.357. The number of amides is 3. The second-order valence-electron chi connectivity index (χ2n) is 10.1. The van der Waals surface area contributed by atoms with E-state index in [1.54, 1.807) is 24.3 Å². The van der Waals surface area contributed by atoms with Gasteiger partial charge in [0, 0.05) is 28.6 Å². The molecule has 1 aromatic carbocycles. The molecule has 1 unspecified atom stereocenters. The fourth-order valence-electron chi connectivity index (χ4n) is 5.24. The second-order valence-corrected chi connectivity index (χ2v) is 11.2. The minimum Gasteiger partial charge on any atom is -0.350 e. The summed E-state index contributed by atoms with van der Waals surface area (Å²) in [6.45, 7) is 4.94. The molecule has 0 radical (unpaired) electrons. The van der Waals surface area contributed by atoms with Crippen molar-refractivity contribution in [2.45, 2.75) is 76.2 Å². The van der Waals surface area contributed by atoms with Crippen LogP contribution in [0.2, 0.25) is 0 Å². The molecule has 3 amide bonds. The monoisotopic (exact) mass is 537 g/mol. The van der Waals surface area contributed by atoms with Crippen molar-refractivity contribution in [1.29, 1.82) is 0 Å². The molecule has 3 N–H and O–H groups in total. The van der Waals surface area contributed by atoms with E-state index >= 15 is 0 Å². The highest BCUT2D eigenvalue weighted by molar-refractivity contribution is 7.14. The van der Waals surface area contributed by atoms with Crippen molar-refractivity contribution in [2.24, 2.45) is 0 Å². The van der Waals surface area contributed by atoms with Gasteiger partial charge in [-0.3, -0.25) is 19.7 Å². The molecule has 200 valence electrons. The second kappa shape index (κ2) is 11.1. The molecule has 2 fully saturated rings. The van der Waals surface area contributed by atoms with Crippen molar-refractivity contribution in [1.82, 2.24) is 20.2 Å². The van der Waals surface area contributed by atoms with E-state index < -0.39 is 6.17 Å². The Balaban J connectivity index is 1.41. The van der Waals surface area contributed by atoms with Gasteiger partial charge in [0.2, 0.25) is 11.9 Å². The fraction of sp³-hybridized carbons (Fsp3) is 0.429. The van der Waals surface area contributed by atoms with Gasteiger partial charge in [-0.05, 0) is 69.0 Å². The molecule has 1 atom stereocenters. The number of aromatic nitrogens is 2. The van der Waals surface area contributed by atoms with Crippen LogP contribution in [0.1, 0.15) is 89.0 Å². The van der Waals surface area contributed by atoms with Crippen LogP contribution < -0.4 is 16.0 Å². The van der Waals surface area contributed by atoms with Gasteiger partial charge in [0.25, 0.3) is 11.8 Å². The Morgan fingerprint density at radius 2 is 1.84 bits per heavy atom. The van der Waals surface area contributed by atoms with Crippen LogP contribution >= 0.6 is 11.3 Å². The topological polar surface area (TPSA) is 105 Å². The molecule has 0 saturated heterocycles. The third-order valence-corrected chi connectivity index (χ3v) is 8.61. The molecule has 2 heterocycles. The smallest absolute Gasteiger partial charge is 0.268 e. The zero-order valence-corrected chi connectivity index (χ0v) is 22.2. The largest absolute Gasteiger partial charge is 0.350 e. The molecule has 0 aliphatic heterocycles. The number of nitrogens with one attached hydrogen (secondary N) is 3. The molecule has 5 rings (SSSR count). The minimum absolute atomic E-state index is 0.00191. The molecule has 10 heteroatoms. The Hall–Kier alpha value is -3.53. The first-order chi connectivity index (χ1) is 18.3. The van der Waals surface area contributed by atoms with E-state index in [0.29, 0.717) is 39.6 Å². The summed E-state index contributed by atoms with van der Waals surface area (Å²) >= 11 is 1.11. The van der Waals surface area contributed by atoms with Gasteiger partial charge in [0.15, 0.2) is 0 Å². The Morgan fingerprint density at radius 3 is 2.53 bits per heavy atom. The molecule has 2 aliphatic rings. The van der Waals surface area contributed by atoms with Crippen LogP contribution in [0.3, 0.4) is 0 Å². The van der Waals surface area contributed by atoms with Crippen molar-refractivity contribution in [3.8, 4) is 0 Å². The molecule has 0 bridgehead atoms. The van der Waals surface area contributed by atoms with Gasteiger partial charge in [0.1, 0.15) is 6.17 Å². The Bertz CT molecular complexity index is 1370. The predicted molar refractivity (Wildman–Crippen MR) is 146 cm³/mol. The lowest BCUT2D eigenvalue weighted by molar-refractivity contribution is -0.117. The Morgan fingerprint density at radius 1 is 1.08 bits per heavy atom. The van der Waals surface area contributed by atoms with Crippen molar-refractivity contribution in [3.63, 3.8) is 0 Å². The number of halogens is 1. The summed E-state index contributed by atoms with van der Waals surface area (Å²) in [5, 5.41) is 8.94. The molecule has 3 aromatic rings. The lowest BCUT2D eigenvalue weighted by Gasteiger charge is -2.37. The number of rotatable bonds is 8. The van der Waals surface area contributed by atoms with Crippen LogP contribution in [0, 0.1) is 0 Å². The molecular weight excluding hydrogens is 505 g/mol. The number of carbonyl (C=O) groups excluding carboxylic acids is 3. The number of hydrogen-bond acceptors (Lipinski definition) is 5. The fourth-order valence-corrected chi connectivity index (χ4v) is 6.07. The molecule has 2 saturated carbocycles. The number of imidazole rings is 1. The number of alkyl halides is 1. The quantitative estimate of drug-likeness (QED) is 0.332. The lowest BCUT2D eigenvalue weighted by atomic mass is 9.86. The Labute approximate surface area is 224 Å². The number of carbonyl (C=O) groups is 3. The molecular formula is C28H32FN5O3S. The Kier molecular flexibility index (Phi) is 7.60. The molecule has 2 aliphatic carbocycles. The van der Waals surface area contributed by atoms with E-state index in [1.165, 1.54) is 19.4 Å².